The zero-order chi connectivity index (χ0) is 10.3. The van der Waals surface area contributed by atoms with Crippen LogP contribution in [0.15, 0.2) is 5.38 Å². The molecule has 3 nitrogen and oxygen atoms in total. The number of rotatable bonds is 2. The molecule has 0 aliphatic carbocycles. The summed E-state index contributed by atoms with van der Waals surface area (Å²) in [4.78, 5) is 5.11. The number of aliphatic hydroxyl groups excluding tert-OH is 1. The highest BCUT2D eigenvalue weighted by Gasteiger charge is 2.14. The first kappa shape index (κ1) is 9.96. The molecule has 1 atom stereocenters. The number of fused-ring (bicyclic) bond motifs is 1. The molecule has 0 bridgehead atoms. The van der Waals surface area contributed by atoms with Gasteiger partial charge in [-0.25, -0.2) is 4.98 Å². The van der Waals surface area contributed by atoms with Crippen LogP contribution in [0.5, 0.6) is 0 Å². The first-order valence-electron chi connectivity index (χ1n) is 4.38. The second-order valence-electron chi connectivity index (χ2n) is 3.40. The zero-order valence-corrected chi connectivity index (χ0v) is 9.56. The van der Waals surface area contributed by atoms with E-state index in [0.717, 1.165) is 16.3 Å². The molecule has 0 aromatic carbocycles. The van der Waals surface area contributed by atoms with Crippen LogP contribution in [0.1, 0.15) is 18.3 Å². The Morgan fingerprint density at radius 3 is 3.07 bits per heavy atom. The van der Waals surface area contributed by atoms with Gasteiger partial charge in [0.15, 0.2) is 10.1 Å². The fraction of sp³-hybridized carbons (Fsp3) is 0.444. The SMILES string of the molecule is Cc1csc2nc(Cl)c(CC(C)O)n12. The van der Waals surface area contributed by atoms with Crippen molar-refractivity contribution in [2.45, 2.75) is 26.4 Å². The van der Waals surface area contributed by atoms with Crippen LogP contribution < -0.4 is 0 Å². The largest absolute Gasteiger partial charge is 0.393 e. The minimum absolute atomic E-state index is 0.397. The molecule has 0 amide bonds. The molecule has 1 N–H and O–H groups in total. The van der Waals surface area contributed by atoms with Gasteiger partial charge in [-0.1, -0.05) is 11.6 Å². The second-order valence-corrected chi connectivity index (χ2v) is 4.59. The monoisotopic (exact) mass is 230 g/mol. The predicted molar refractivity (Wildman–Crippen MR) is 58.2 cm³/mol. The van der Waals surface area contributed by atoms with Crippen LogP contribution in [0.4, 0.5) is 0 Å². The van der Waals surface area contributed by atoms with Crippen LogP contribution >= 0.6 is 22.9 Å². The minimum atomic E-state index is -0.397. The molecule has 0 aliphatic heterocycles. The number of thiazole rings is 1. The van der Waals surface area contributed by atoms with E-state index in [2.05, 4.69) is 4.98 Å². The van der Waals surface area contributed by atoms with Crippen LogP contribution in [0.2, 0.25) is 5.15 Å². The maximum absolute atomic E-state index is 9.34. The molecule has 2 heterocycles. The summed E-state index contributed by atoms with van der Waals surface area (Å²) in [6.45, 7) is 3.75. The van der Waals surface area contributed by atoms with Crippen molar-refractivity contribution >= 4 is 27.9 Å². The molecule has 2 rings (SSSR count). The minimum Gasteiger partial charge on any atom is -0.393 e. The first-order chi connectivity index (χ1) is 6.59. The molecule has 0 radical (unpaired) electrons. The Labute approximate surface area is 91.0 Å². The molecule has 0 aliphatic rings. The summed E-state index contributed by atoms with van der Waals surface area (Å²) in [6.07, 6.45) is 0.143. The van der Waals surface area contributed by atoms with E-state index in [1.54, 1.807) is 18.3 Å². The number of imidazole rings is 1. The quantitative estimate of drug-likeness (QED) is 0.860. The Hall–Kier alpha value is -0.580. The highest BCUT2D eigenvalue weighted by atomic mass is 35.5. The summed E-state index contributed by atoms with van der Waals surface area (Å²) in [5, 5.41) is 11.9. The van der Waals surface area contributed by atoms with Crippen LogP contribution in [-0.4, -0.2) is 20.6 Å². The molecular weight excluding hydrogens is 220 g/mol. The maximum atomic E-state index is 9.34. The van der Waals surface area contributed by atoms with Crippen LogP contribution in [0, 0.1) is 6.92 Å². The Morgan fingerprint density at radius 1 is 1.71 bits per heavy atom. The van der Waals surface area contributed by atoms with Gasteiger partial charge in [-0.3, -0.25) is 4.40 Å². The van der Waals surface area contributed by atoms with Crippen LogP contribution in [-0.2, 0) is 6.42 Å². The Balaban J connectivity index is 2.59. The fourth-order valence-electron chi connectivity index (χ4n) is 1.50. The van der Waals surface area contributed by atoms with E-state index in [1.807, 2.05) is 16.7 Å². The van der Waals surface area contributed by atoms with Crippen LogP contribution in [0.3, 0.4) is 0 Å². The standard InChI is InChI=1S/C9H11ClN2OS/c1-5-4-14-9-11-8(10)7(12(5)9)3-6(2)13/h4,6,13H,3H2,1-2H3. The van der Waals surface area contributed by atoms with E-state index in [9.17, 15) is 5.11 Å². The van der Waals surface area contributed by atoms with Gasteiger partial charge in [0.05, 0.1) is 11.8 Å². The highest BCUT2D eigenvalue weighted by Crippen LogP contribution is 2.24. The second kappa shape index (κ2) is 3.53. The topological polar surface area (TPSA) is 37.5 Å². The lowest BCUT2D eigenvalue weighted by Crippen LogP contribution is -2.07. The summed E-state index contributed by atoms with van der Waals surface area (Å²) < 4.78 is 2.00. The number of aliphatic hydroxyl groups is 1. The number of aromatic nitrogens is 2. The summed E-state index contributed by atoms with van der Waals surface area (Å²) in [7, 11) is 0. The van der Waals surface area contributed by atoms with Crippen molar-refractivity contribution < 1.29 is 5.11 Å². The van der Waals surface area contributed by atoms with E-state index in [-0.39, 0.29) is 0 Å². The summed E-state index contributed by atoms with van der Waals surface area (Å²) >= 11 is 7.55. The highest BCUT2D eigenvalue weighted by molar-refractivity contribution is 7.15. The molecule has 0 fully saturated rings. The summed E-state index contributed by atoms with van der Waals surface area (Å²) in [5.41, 5.74) is 2.01. The third-order valence-electron chi connectivity index (χ3n) is 2.07. The van der Waals surface area contributed by atoms with E-state index in [0.29, 0.717) is 11.6 Å². The van der Waals surface area contributed by atoms with Gasteiger partial charge in [0.1, 0.15) is 0 Å². The molecule has 1 unspecified atom stereocenters. The van der Waals surface area contributed by atoms with Gasteiger partial charge in [0.2, 0.25) is 0 Å². The third kappa shape index (κ3) is 1.54. The average Bonchev–Trinajstić information content (AvgIpc) is 2.56. The van der Waals surface area contributed by atoms with Crippen molar-refractivity contribution in [2.75, 3.05) is 0 Å². The molecule has 0 saturated heterocycles. The number of aryl methyl sites for hydroxylation is 1. The zero-order valence-electron chi connectivity index (χ0n) is 7.99. The van der Waals surface area contributed by atoms with Crippen molar-refractivity contribution in [2.24, 2.45) is 0 Å². The van der Waals surface area contributed by atoms with Gasteiger partial charge in [0.25, 0.3) is 0 Å². The fourth-order valence-corrected chi connectivity index (χ4v) is 2.67. The van der Waals surface area contributed by atoms with E-state index < -0.39 is 6.10 Å². The number of hydrogen-bond donors (Lipinski definition) is 1. The molecule has 0 spiro atoms. The normalized spacial score (nSPS) is 13.7. The smallest absolute Gasteiger partial charge is 0.195 e. The molecule has 76 valence electrons. The Kier molecular flexibility index (Phi) is 2.51. The molecule has 14 heavy (non-hydrogen) atoms. The van der Waals surface area contributed by atoms with Gasteiger partial charge in [-0.2, -0.15) is 0 Å². The predicted octanol–water partition coefficient (Wildman–Crippen LogP) is 2.28. The lowest BCUT2D eigenvalue weighted by Gasteiger charge is -2.04. The average molecular weight is 231 g/mol. The number of halogens is 1. The lowest BCUT2D eigenvalue weighted by atomic mass is 10.2. The van der Waals surface area contributed by atoms with E-state index >= 15 is 0 Å². The molecule has 2 aromatic heterocycles. The maximum Gasteiger partial charge on any atom is 0.195 e. The first-order valence-corrected chi connectivity index (χ1v) is 5.64. The van der Waals surface area contributed by atoms with Crippen molar-refractivity contribution in [3.8, 4) is 0 Å². The van der Waals surface area contributed by atoms with Crippen molar-refractivity contribution in [1.29, 1.82) is 0 Å². The van der Waals surface area contributed by atoms with E-state index in [4.69, 9.17) is 11.6 Å². The Bertz CT molecular complexity index is 461. The van der Waals surface area contributed by atoms with Crippen LogP contribution in [0.25, 0.3) is 4.96 Å². The van der Waals surface area contributed by atoms with Gasteiger partial charge >= 0.3 is 0 Å². The number of nitrogens with zero attached hydrogens (tertiary/aromatic N) is 2. The summed E-state index contributed by atoms with van der Waals surface area (Å²) in [5.74, 6) is 0. The molecular formula is C9H11ClN2OS. The molecule has 5 heteroatoms. The number of hydrogen-bond acceptors (Lipinski definition) is 3. The molecule has 2 aromatic rings. The van der Waals surface area contributed by atoms with E-state index in [1.165, 1.54) is 0 Å². The van der Waals surface area contributed by atoms with Gasteiger partial charge < -0.3 is 5.11 Å². The van der Waals surface area contributed by atoms with Crippen molar-refractivity contribution in [1.82, 2.24) is 9.38 Å². The third-order valence-corrected chi connectivity index (χ3v) is 3.32. The van der Waals surface area contributed by atoms with Crippen molar-refractivity contribution in [3.05, 3.63) is 21.9 Å². The molecule has 0 saturated carbocycles. The Morgan fingerprint density at radius 2 is 2.43 bits per heavy atom. The van der Waals surface area contributed by atoms with Gasteiger partial charge in [-0.05, 0) is 13.8 Å². The summed E-state index contributed by atoms with van der Waals surface area (Å²) in [6, 6.07) is 0. The van der Waals surface area contributed by atoms with Gasteiger partial charge in [0, 0.05) is 17.5 Å². The lowest BCUT2D eigenvalue weighted by molar-refractivity contribution is 0.194. The van der Waals surface area contributed by atoms with Crippen molar-refractivity contribution in [3.63, 3.8) is 0 Å². The van der Waals surface area contributed by atoms with Gasteiger partial charge in [-0.15, -0.1) is 11.3 Å².